The molecule has 3 aliphatic rings. The Morgan fingerprint density at radius 2 is 2.00 bits per heavy atom. The number of fused-ring (bicyclic) bond motifs is 3. The quantitative estimate of drug-likeness (QED) is 0.773. The lowest BCUT2D eigenvalue weighted by Gasteiger charge is -2.53. The van der Waals surface area contributed by atoms with Crippen molar-refractivity contribution in [2.24, 2.45) is 11.3 Å². The van der Waals surface area contributed by atoms with E-state index in [0.29, 0.717) is 17.1 Å². The van der Waals surface area contributed by atoms with Gasteiger partial charge in [-0.3, -0.25) is 0 Å². The average molecular weight is 303 g/mol. The van der Waals surface area contributed by atoms with Crippen LogP contribution in [0.5, 0.6) is 11.5 Å². The van der Waals surface area contributed by atoms with Crippen LogP contribution in [0.2, 0.25) is 0 Å². The Bertz CT molecular complexity index is 578. The fourth-order valence-electron chi connectivity index (χ4n) is 4.45. The molecule has 0 aromatic heterocycles. The molecule has 0 amide bonds. The molecular weight excluding hydrogens is 278 g/mol. The smallest absolute Gasteiger partial charge is 0.167 e. The van der Waals surface area contributed by atoms with Crippen molar-refractivity contribution in [3.05, 3.63) is 23.8 Å². The molecule has 4 heteroatoms. The summed E-state index contributed by atoms with van der Waals surface area (Å²) in [6, 6.07) is 5.60. The van der Waals surface area contributed by atoms with Crippen molar-refractivity contribution in [3.63, 3.8) is 0 Å². The zero-order chi connectivity index (χ0) is 15.4. The number of phenolic OH excluding ortho intramolecular Hbond substituents is 1. The van der Waals surface area contributed by atoms with E-state index < -0.39 is 0 Å². The van der Waals surface area contributed by atoms with Crippen molar-refractivity contribution in [3.8, 4) is 11.5 Å². The van der Waals surface area contributed by atoms with Gasteiger partial charge in [-0.1, -0.05) is 12.1 Å². The molecule has 0 bridgehead atoms. The third-order valence-corrected chi connectivity index (χ3v) is 5.84. The maximum Gasteiger partial charge on any atom is 0.167 e. The largest absolute Gasteiger partial charge is 0.504 e. The summed E-state index contributed by atoms with van der Waals surface area (Å²) in [7, 11) is 0. The number of hydrogen-bond acceptors (Lipinski definition) is 4. The maximum absolute atomic E-state index is 10.1. The molecule has 0 aliphatic carbocycles. The molecule has 0 radical (unpaired) electrons. The predicted octanol–water partition coefficient (Wildman–Crippen LogP) is 3.01. The first-order valence-corrected chi connectivity index (χ1v) is 8.34. The number of benzene rings is 1. The molecule has 2 fully saturated rings. The molecule has 4 nitrogen and oxygen atoms in total. The highest BCUT2D eigenvalue weighted by Crippen LogP contribution is 2.56. The summed E-state index contributed by atoms with van der Waals surface area (Å²) in [5.74, 6) is 1.15. The molecule has 120 valence electrons. The Kier molecular flexibility index (Phi) is 3.17. The van der Waals surface area contributed by atoms with Gasteiger partial charge in [0.2, 0.25) is 0 Å². The molecule has 1 aromatic carbocycles. The first kappa shape index (κ1) is 14.3. The Hall–Kier alpha value is -1.26. The van der Waals surface area contributed by atoms with Crippen LogP contribution in [-0.2, 0) is 4.74 Å². The summed E-state index contributed by atoms with van der Waals surface area (Å²) in [6.45, 7) is 7.24. The third-order valence-electron chi connectivity index (χ3n) is 5.84. The Balaban J connectivity index is 1.71. The molecule has 2 atom stereocenters. The van der Waals surface area contributed by atoms with Gasteiger partial charge in [0, 0.05) is 11.5 Å². The predicted molar refractivity (Wildman–Crippen MR) is 84.2 cm³/mol. The number of piperidine rings is 1. The molecule has 22 heavy (non-hydrogen) atoms. The molecule has 0 unspecified atom stereocenters. The number of nitrogens with one attached hydrogen (secondary N) is 1. The van der Waals surface area contributed by atoms with Crippen molar-refractivity contribution < 1.29 is 14.6 Å². The zero-order valence-corrected chi connectivity index (χ0v) is 13.4. The lowest BCUT2D eigenvalue weighted by Crippen LogP contribution is -2.53. The Labute approximate surface area is 131 Å². The van der Waals surface area contributed by atoms with E-state index in [1.54, 1.807) is 6.07 Å². The summed E-state index contributed by atoms with van der Waals surface area (Å²) in [6.07, 6.45) is 3.53. The lowest BCUT2D eigenvalue weighted by molar-refractivity contribution is -0.170. The lowest BCUT2D eigenvalue weighted by atomic mass is 9.64. The SMILES string of the molecule is CC1(C)Oc2c(O)cccc2[C@@H]2OCC3(CCNCC3)C[C@H]21. The Morgan fingerprint density at radius 1 is 1.23 bits per heavy atom. The van der Waals surface area contributed by atoms with Gasteiger partial charge in [0.05, 0.1) is 12.7 Å². The standard InChI is InChI=1S/C18H25NO3/c1-17(2)13-10-18(6-8-19-9-7-18)11-21-15(13)12-4-3-5-14(20)16(12)22-17/h3-5,13,15,19-20H,6-11H2,1-2H3/t13-,15+/m1/s1. The summed E-state index contributed by atoms with van der Waals surface area (Å²) in [4.78, 5) is 0. The maximum atomic E-state index is 10.1. The topological polar surface area (TPSA) is 50.7 Å². The number of rotatable bonds is 0. The highest BCUT2D eigenvalue weighted by molar-refractivity contribution is 5.49. The van der Waals surface area contributed by atoms with Gasteiger partial charge in [-0.25, -0.2) is 0 Å². The minimum atomic E-state index is -0.325. The van der Waals surface area contributed by atoms with Crippen LogP contribution >= 0.6 is 0 Å². The van der Waals surface area contributed by atoms with Crippen LogP contribution < -0.4 is 10.1 Å². The van der Waals surface area contributed by atoms with Crippen molar-refractivity contribution in [1.29, 1.82) is 0 Å². The minimum absolute atomic E-state index is 0.0337. The van der Waals surface area contributed by atoms with Gasteiger partial charge in [0.25, 0.3) is 0 Å². The van der Waals surface area contributed by atoms with Crippen LogP contribution in [0, 0.1) is 11.3 Å². The van der Waals surface area contributed by atoms with E-state index in [2.05, 4.69) is 19.2 Å². The second-order valence-electron chi connectivity index (χ2n) is 7.69. The van der Waals surface area contributed by atoms with Gasteiger partial charge in [0.1, 0.15) is 5.60 Å². The van der Waals surface area contributed by atoms with Crippen molar-refractivity contribution >= 4 is 0 Å². The van der Waals surface area contributed by atoms with Crippen molar-refractivity contribution in [2.75, 3.05) is 19.7 Å². The number of para-hydroxylation sites is 1. The fourth-order valence-corrected chi connectivity index (χ4v) is 4.45. The number of aromatic hydroxyl groups is 1. The second-order valence-corrected chi connectivity index (χ2v) is 7.69. The van der Waals surface area contributed by atoms with Gasteiger partial charge in [-0.05, 0) is 57.7 Å². The van der Waals surface area contributed by atoms with E-state index in [0.717, 1.165) is 31.7 Å². The van der Waals surface area contributed by atoms with Gasteiger partial charge >= 0.3 is 0 Å². The molecule has 0 saturated carbocycles. The third kappa shape index (κ3) is 2.12. The average Bonchev–Trinajstić information content (AvgIpc) is 2.50. The molecule has 1 aromatic rings. The van der Waals surface area contributed by atoms with Gasteiger partial charge < -0.3 is 19.9 Å². The van der Waals surface area contributed by atoms with Gasteiger partial charge in [0.15, 0.2) is 11.5 Å². The molecule has 3 heterocycles. The fraction of sp³-hybridized carbons (Fsp3) is 0.667. The summed E-state index contributed by atoms with van der Waals surface area (Å²) >= 11 is 0. The minimum Gasteiger partial charge on any atom is -0.504 e. The summed E-state index contributed by atoms with van der Waals surface area (Å²) < 4.78 is 12.6. The molecule has 4 rings (SSSR count). The van der Waals surface area contributed by atoms with Crippen molar-refractivity contribution in [2.45, 2.75) is 44.8 Å². The first-order valence-electron chi connectivity index (χ1n) is 8.34. The monoisotopic (exact) mass is 303 g/mol. The molecule has 2 N–H and O–H groups in total. The molecule has 2 saturated heterocycles. The Morgan fingerprint density at radius 3 is 2.77 bits per heavy atom. The van der Waals surface area contributed by atoms with E-state index in [1.165, 1.54) is 12.8 Å². The van der Waals surface area contributed by atoms with Gasteiger partial charge in [-0.2, -0.15) is 0 Å². The van der Waals surface area contributed by atoms with Crippen LogP contribution in [0.1, 0.15) is 44.8 Å². The number of ether oxygens (including phenoxy) is 2. The van der Waals surface area contributed by atoms with Crippen LogP contribution in [-0.4, -0.2) is 30.4 Å². The molecular formula is C18H25NO3. The highest BCUT2D eigenvalue weighted by Gasteiger charge is 2.52. The van der Waals surface area contributed by atoms with Gasteiger partial charge in [-0.15, -0.1) is 0 Å². The highest BCUT2D eigenvalue weighted by atomic mass is 16.5. The van der Waals surface area contributed by atoms with E-state index in [9.17, 15) is 5.11 Å². The van der Waals surface area contributed by atoms with E-state index in [-0.39, 0.29) is 17.5 Å². The van der Waals surface area contributed by atoms with E-state index >= 15 is 0 Å². The van der Waals surface area contributed by atoms with E-state index in [4.69, 9.17) is 9.47 Å². The van der Waals surface area contributed by atoms with E-state index in [1.807, 2.05) is 12.1 Å². The second kappa shape index (κ2) is 4.87. The van der Waals surface area contributed by atoms with Crippen LogP contribution in [0.25, 0.3) is 0 Å². The summed E-state index contributed by atoms with van der Waals surface area (Å²) in [5, 5.41) is 13.6. The van der Waals surface area contributed by atoms with Crippen molar-refractivity contribution in [1.82, 2.24) is 5.32 Å². The zero-order valence-electron chi connectivity index (χ0n) is 13.4. The summed E-state index contributed by atoms with van der Waals surface area (Å²) in [5.41, 5.74) is 0.976. The first-order chi connectivity index (χ1) is 10.5. The van der Waals surface area contributed by atoms with Crippen LogP contribution in [0.4, 0.5) is 0 Å². The van der Waals surface area contributed by atoms with Crippen LogP contribution in [0.15, 0.2) is 18.2 Å². The van der Waals surface area contributed by atoms with Crippen LogP contribution in [0.3, 0.4) is 0 Å². The molecule has 1 spiro atoms. The molecule has 3 aliphatic heterocycles. The number of hydrogen-bond donors (Lipinski definition) is 2. The normalized spacial score (nSPS) is 31.9. The number of phenols is 1.